The zero-order valence-corrected chi connectivity index (χ0v) is 14.6. The van der Waals surface area contributed by atoms with Gasteiger partial charge in [0.05, 0.1) is 6.61 Å². The third-order valence-electron chi connectivity index (χ3n) is 4.84. The summed E-state index contributed by atoms with van der Waals surface area (Å²) in [6.45, 7) is 6.11. The third kappa shape index (κ3) is 6.64. The first-order valence-electron chi connectivity index (χ1n) is 8.65. The van der Waals surface area contributed by atoms with E-state index in [1.54, 1.807) is 14.2 Å². The highest BCUT2D eigenvalue weighted by atomic mass is 16.5. The van der Waals surface area contributed by atoms with E-state index in [0.29, 0.717) is 12.1 Å². The van der Waals surface area contributed by atoms with E-state index in [0.717, 1.165) is 38.6 Å². The van der Waals surface area contributed by atoms with Crippen LogP contribution in [0.15, 0.2) is 0 Å². The molecule has 4 nitrogen and oxygen atoms in total. The van der Waals surface area contributed by atoms with Crippen molar-refractivity contribution in [2.45, 2.75) is 57.5 Å². The van der Waals surface area contributed by atoms with E-state index in [2.05, 4.69) is 24.2 Å². The summed E-state index contributed by atoms with van der Waals surface area (Å²) in [7, 11) is 5.69. The fraction of sp³-hybridized carbons (Fsp3) is 1.00. The molecule has 1 saturated carbocycles. The monoisotopic (exact) mass is 300 g/mol. The van der Waals surface area contributed by atoms with Crippen LogP contribution in [-0.2, 0) is 9.47 Å². The maximum atomic E-state index is 5.32. The predicted octanol–water partition coefficient (Wildman–Crippen LogP) is 2.53. The van der Waals surface area contributed by atoms with Crippen molar-refractivity contribution in [1.29, 1.82) is 0 Å². The molecule has 0 saturated heterocycles. The lowest BCUT2D eigenvalue weighted by Crippen LogP contribution is -2.53. The summed E-state index contributed by atoms with van der Waals surface area (Å²) in [5.74, 6) is 0.900. The molecule has 1 rings (SSSR count). The van der Waals surface area contributed by atoms with Crippen LogP contribution in [0.4, 0.5) is 0 Å². The number of rotatable bonds is 11. The Bertz CT molecular complexity index is 251. The fourth-order valence-corrected chi connectivity index (χ4v) is 3.71. The average molecular weight is 300 g/mol. The third-order valence-corrected chi connectivity index (χ3v) is 4.84. The Labute approximate surface area is 131 Å². The van der Waals surface area contributed by atoms with Crippen LogP contribution in [0.1, 0.15) is 45.4 Å². The van der Waals surface area contributed by atoms with Gasteiger partial charge in [-0.25, -0.2) is 0 Å². The molecule has 0 aromatic rings. The van der Waals surface area contributed by atoms with Crippen molar-refractivity contribution in [3.05, 3.63) is 0 Å². The number of hydrogen-bond donors (Lipinski definition) is 1. The fourth-order valence-electron chi connectivity index (χ4n) is 3.71. The highest BCUT2D eigenvalue weighted by Crippen LogP contribution is 2.31. The molecule has 1 fully saturated rings. The normalized spacial score (nSPS) is 26.4. The molecule has 0 aliphatic heterocycles. The maximum absolute atomic E-state index is 5.32. The molecule has 0 spiro atoms. The van der Waals surface area contributed by atoms with E-state index in [1.807, 2.05) is 0 Å². The molecule has 0 aromatic carbocycles. The van der Waals surface area contributed by atoms with Crippen LogP contribution in [-0.4, -0.2) is 64.6 Å². The van der Waals surface area contributed by atoms with Crippen LogP contribution in [0.25, 0.3) is 0 Å². The van der Waals surface area contributed by atoms with Crippen molar-refractivity contribution in [1.82, 2.24) is 10.2 Å². The van der Waals surface area contributed by atoms with Gasteiger partial charge < -0.3 is 14.8 Å². The van der Waals surface area contributed by atoms with Gasteiger partial charge in [-0.1, -0.05) is 19.8 Å². The second kappa shape index (κ2) is 11.4. The molecule has 1 N–H and O–H groups in total. The van der Waals surface area contributed by atoms with Crippen LogP contribution in [0.5, 0.6) is 0 Å². The molecule has 1 aliphatic carbocycles. The van der Waals surface area contributed by atoms with Crippen molar-refractivity contribution in [3.8, 4) is 0 Å². The molecule has 126 valence electrons. The van der Waals surface area contributed by atoms with E-state index < -0.39 is 0 Å². The number of hydrogen-bond acceptors (Lipinski definition) is 4. The van der Waals surface area contributed by atoms with E-state index in [4.69, 9.17) is 9.47 Å². The molecule has 0 bridgehead atoms. The Hall–Kier alpha value is -0.160. The van der Waals surface area contributed by atoms with Crippen LogP contribution in [0.3, 0.4) is 0 Å². The van der Waals surface area contributed by atoms with Gasteiger partial charge in [-0.2, -0.15) is 0 Å². The summed E-state index contributed by atoms with van der Waals surface area (Å²) in [4.78, 5) is 2.63. The largest absolute Gasteiger partial charge is 0.385 e. The number of ether oxygens (including phenoxy) is 2. The first-order chi connectivity index (χ1) is 10.3. The molecule has 1 aliphatic rings. The Morgan fingerprint density at radius 2 is 1.86 bits per heavy atom. The SMILES string of the molecule is CCCC1CCC(NC)C(N(CCCOC)CCOC)C1. The van der Waals surface area contributed by atoms with Gasteiger partial charge in [0.25, 0.3) is 0 Å². The van der Waals surface area contributed by atoms with Crippen molar-refractivity contribution in [2.75, 3.05) is 47.6 Å². The van der Waals surface area contributed by atoms with Gasteiger partial charge in [0.15, 0.2) is 0 Å². The minimum absolute atomic E-state index is 0.623. The molecular weight excluding hydrogens is 264 g/mol. The lowest BCUT2D eigenvalue weighted by molar-refractivity contribution is 0.0607. The number of nitrogens with one attached hydrogen (secondary N) is 1. The molecule has 3 unspecified atom stereocenters. The highest BCUT2D eigenvalue weighted by Gasteiger charge is 2.32. The number of likely N-dealkylation sites (N-methyl/N-ethyl adjacent to an activating group) is 1. The smallest absolute Gasteiger partial charge is 0.0589 e. The van der Waals surface area contributed by atoms with Gasteiger partial charge in [0.1, 0.15) is 0 Å². The lowest BCUT2D eigenvalue weighted by Gasteiger charge is -2.43. The molecule has 0 amide bonds. The lowest BCUT2D eigenvalue weighted by atomic mass is 9.79. The predicted molar refractivity (Wildman–Crippen MR) is 88.8 cm³/mol. The molecule has 0 heterocycles. The summed E-state index contributed by atoms with van der Waals surface area (Å²) >= 11 is 0. The topological polar surface area (TPSA) is 33.7 Å². The van der Waals surface area contributed by atoms with E-state index in [-0.39, 0.29) is 0 Å². The molecule has 0 radical (unpaired) electrons. The molecule has 21 heavy (non-hydrogen) atoms. The van der Waals surface area contributed by atoms with Gasteiger partial charge in [-0.15, -0.1) is 0 Å². The van der Waals surface area contributed by atoms with Gasteiger partial charge >= 0.3 is 0 Å². The van der Waals surface area contributed by atoms with Crippen LogP contribution >= 0.6 is 0 Å². The molecule has 4 heteroatoms. The maximum Gasteiger partial charge on any atom is 0.0589 e. The van der Waals surface area contributed by atoms with Crippen LogP contribution in [0.2, 0.25) is 0 Å². The molecule has 0 aromatic heterocycles. The van der Waals surface area contributed by atoms with Crippen molar-refractivity contribution < 1.29 is 9.47 Å². The zero-order valence-electron chi connectivity index (χ0n) is 14.6. The van der Waals surface area contributed by atoms with Gasteiger partial charge in [-0.3, -0.25) is 4.90 Å². The Morgan fingerprint density at radius 1 is 1.10 bits per heavy atom. The summed E-state index contributed by atoms with van der Waals surface area (Å²) in [5.41, 5.74) is 0. The molecule has 3 atom stereocenters. The second-order valence-electron chi connectivity index (χ2n) is 6.31. The number of nitrogens with zero attached hydrogens (tertiary/aromatic N) is 1. The highest BCUT2D eigenvalue weighted by molar-refractivity contribution is 4.90. The summed E-state index contributed by atoms with van der Waals surface area (Å²) in [5, 5.41) is 3.55. The van der Waals surface area contributed by atoms with Crippen molar-refractivity contribution in [2.24, 2.45) is 5.92 Å². The minimum Gasteiger partial charge on any atom is -0.385 e. The van der Waals surface area contributed by atoms with Crippen molar-refractivity contribution >= 4 is 0 Å². The van der Waals surface area contributed by atoms with Gasteiger partial charge in [0, 0.05) is 46.0 Å². The van der Waals surface area contributed by atoms with Crippen LogP contribution in [0, 0.1) is 5.92 Å². The van der Waals surface area contributed by atoms with Gasteiger partial charge in [-0.05, 0) is 38.6 Å². The number of methoxy groups -OCH3 is 2. The van der Waals surface area contributed by atoms with E-state index in [9.17, 15) is 0 Å². The van der Waals surface area contributed by atoms with E-state index >= 15 is 0 Å². The second-order valence-corrected chi connectivity index (χ2v) is 6.31. The molecular formula is C17H36N2O2. The first-order valence-corrected chi connectivity index (χ1v) is 8.65. The quantitative estimate of drug-likeness (QED) is 0.595. The minimum atomic E-state index is 0.623. The standard InChI is InChI=1S/C17H36N2O2/c1-5-7-15-8-9-16(18-2)17(14-15)19(11-13-21-4)10-6-12-20-3/h15-18H,5-14H2,1-4H3. The van der Waals surface area contributed by atoms with Crippen molar-refractivity contribution in [3.63, 3.8) is 0 Å². The Morgan fingerprint density at radius 3 is 2.48 bits per heavy atom. The Balaban J connectivity index is 2.63. The zero-order chi connectivity index (χ0) is 15.5. The summed E-state index contributed by atoms with van der Waals surface area (Å²) in [6, 6.07) is 1.27. The van der Waals surface area contributed by atoms with Crippen LogP contribution < -0.4 is 5.32 Å². The average Bonchev–Trinajstić information content (AvgIpc) is 2.51. The Kier molecular flexibility index (Phi) is 10.3. The first kappa shape index (κ1) is 18.9. The van der Waals surface area contributed by atoms with Gasteiger partial charge in [0.2, 0.25) is 0 Å². The summed E-state index contributed by atoms with van der Waals surface area (Å²) in [6.07, 6.45) is 7.81. The summed E-state index contributed by atoms with van der Waals surface area (Å²) < 4.78 is 10.5. The van der Waals surface area contributed by atoms with E-state index in [1.165, 1.54) is 32.1 Å².